The summed E-state index contributed by atoms with van der Waals surface area (Å²) in [6.07, 6.45) is 5.51. The number of nitrogens with zero attached hydrogens (tertiary/aromatic N) is 4. The average Bonchev–Trinajstić information content (AvgIpc) is 3.41. The average molecular weight is 363 g/mol. The quantitative estimate of drug-likeness (QED) is 0.754. The molecule has 0 saturated heterocycles. The lowest BCUT2D eigenvalue weighted by Gasteiger charge is -2.31. The van der Waals surface area contributed by atoms with E-state index in [1.807, 2.05) is 30.3 Å². The summed E-state index contributed by atoms with van der Waals surface area (Å²) in [4.78, 5) is 13.1. The third-order valence-electron chi connectivity index (χ3n) is 5.15. The van der Waals surface area contributed by atoms with Crippen molar-refractivity contribution in [3.05, 3.63) is 66.0 Å². The van der Waals surface area contributed by atoms with Gasteiger partial charge in [0.05, 0.1) is 18.3 Å². The fourth-order valence-electron chi connectivity index (χ4n) is 3.74. The number of amides is 1. The van der Waals surface area contributed by atoms with Crippen LogP contribution in [-0.4, -0.2) is 33.2 Å². The highest BCUT2D eigenvalue weighted by Crippen LogP contribution is 2.40. The Kier molecular flexibility index (Phi) is 4.58. The Hall–Kier alpha value is -3.22. The molecule has 0 atom stereocenters. The van der Waals surface area contributed by atoms with Crippen molar-refractivity contribution in [1.29, 1.82) is 0 Å². The van der Waals surface area contributed by atoms with E-state index in [1.54, 1.807) is 19.2 Å². The second-order valence-electron chi connectivity index (χ2n) is 6.78. The zero-order valence-electron chi connectivity index (χ0n) is 15.1. The Morgan fingerprint density at radius 3 is 2.70 bits per heavy atom. The van der Waals surface area contributed by atoms with Crippen LogP contribution in [0.5, 0.6) is 5.75 Å². The topological polar surface area (TPSA) is 81.9 Å². The van der Waals surface area contributed by atoms with E-state index in [-0.39, 0.29) is 11.4 Å². The predicted molar refractivity (Wildman–Crippen MR) is 99.8 cm³/mol. The molecule has 1 aliphatic rings. The largest absolute Gasteiger partial charge is 0.497 e. The highest BCUT2D eigenvalue weighted by molar-refractivity contribution is 5.95. The number of ether oxygens (including phenoxy) is 1. The van der Waals surface area contributed by atoms with Crippen molar-refractivity contribution in [2.45, 2.75) is 31.2 Å². The van der Waals surface area contributed by atoms with Gasteiger partial charge in [0.2, 0.25) is 0 Å². The smallest absolute Gasteiger partial charge is 0.252 e. The van der Waals surface area contributed by atoms with Crippen molar-refractivity contribution in [3.8, 4) is 11.4 Å². The van der Waals surface area contributed by atoms with Gasteiger partial charge in [-0.05, 0) is 59.2 Å². The normalized spacial score (nSPS) is 15.4. The molecule has 138 valence electrons. The molecule has 7 heteroatoms. The van der Waals surface area contributed by atoms with Gasteiger partial charge in [-0.15, -0.1) is 5.10 Å². The summed E-state index contributed by atoms with van der Waals surface area (Å²) >= 11 is 0. The van der Waals surface area contributed by atoms with Crippen LogP contribution in [0.4, 0.5) is 0 Å². The summed E-state index contributed by atoms with van der Waals surface area (Å²) in [6.45, 7) is 0. The Bertz CT molecular complexity index is 933. The molecule has 1 aliphatic carbocycles. The summed E-state index contributed by atoms with van der Waals surface area (Å²) in [7, 11) is 1.66. The van der Waals surface area contributed by atoms with E-state index in [1.165, 1.54) is 11.0 Å². The van der Waals surface area contributed by atoms with Crippen LogP contribution in [0.3, 0.4) is 0 Å². The minimum atomic E-state index is -0.365. The molecule has 1 amide bonds. The monoisotopic (exact) mass is 363 g/mol. The fourth-order valence-corrected chi connectivity index (χ4v) is 3.74. The van der Waals surface area contributed by atoms with Crippen LogP contribution in [-0.2, 0) is 5.54 Å². The van der Waals surface area contributed by atoms with E-state index < -0.39 is 0 Å². The maximum absolute atomic E-state index is 13.1. The van der Waals surface area contributed by atoms with Crippen molar-refractivity contribution < 1.29 is 9.53 Å². The molecular weight excluding hydrogens is 342 g/mol. The first kappa shape index (κ1) is 17.2. The molecule has 0 bridgehead atoms. The number of hydrogen-bond acceptors (Lipinski definition) is 5. The highest BCUT2D eigenvalue weighted by atomic mass is 16.5. The van der Waals surface area contributed by atoms with Crippen molar-refractivity contribution in [2.75, 3.05) is 7.11 Å². The Labute approximate surface area is 157 Å². The molecule has 4 rings (SSSR count). The number of tetrazole rings is 1. The number of benzene rings is 2. The Morgan fingerprint density at radius 1 is 1.15 bits per heavy atom. The van der Waals surface area contributed by atoms with Crippen molar-refractivity contribution in [1.82, 2.24) is 25.5 Å². The minimum absolute atomic E-state index is 0.102. The Balaban J connectivity index is 1.62. The van der Waals surface area contributed by atoms with Gasteiger partial charge in [-0.3, -0.25) is 4.79 Å². The molecule has 0 spiro atoms. The summed E-state index contributed by atoms with van der Waals surface area (Å²) in [5, 5.41) is 14.5. The number of methoxy groups -OCH3 is 1. The van der Waals surface area contributed by atoms with E-state index in [4.69, 9.17) is 4.74 Å². The van der Waals surface area contributed by atoms with Crippen LogP contribution in [0.1, 0.15) is 41.6 Å². The van der Waals surface area contributed by atoms with Crippen molar-refractivity contribution in [2.24, 2.45) is 0 Å². The second kappa shape index (κ2) is 7.19. The summed E-state index contributed by atoms with van der Waals surface area (Å²) in [6, 6.07) is 15.3. The minimum Gasteiger partial charge on any atom is -0.497 e. The van der Waals surface area contributed by atoms with Gasteiger partial charge in [0.15, 0.2) is 0 Å². The van der Waals surface area contributed by atoms with E-state index >= 15 is 0 Å². The summed E-state index contributed by atoms with van der Waals surface area (Å²) in [5.41, 5.74) is 2.05. The molecule has 7 nitrogen and oxygen atoms in total. The van der Waals surface area contributed by atoms with Gasteiger partial charge >= 0.3 is 0 Å². The molecule has 0 radical (unpaired) electrons. The molecule has 0 unspecified atom stereocenters. The predicted octanol–water partition coefficient (Wildman–Crippen LogP) is 2.87. The van der Waals surface area contributed by atoms with Crippen LogP contribution < -0.4 is 10.1 Å². The molecule has 1 aromatic heterocycles. The molecule has 1 N–H and O–H groups in total. The zero-order chi connectivity index (χ0) is 18.7. The molecule has 3 aromatic rings. The number of rotatable bonds is 5. The van der Waals surface area contributed by atoms with Crippen LogP contribution in [0, 0.1) is 0 Å². The fraction of sp³-hybridized carbons (Fsp3) is 0.300. The maximum Gasteiger partial charge on any atom is 0.252 e. The van der Waals surface area contributed by atoms with Gasteiger partial charge in [0.25, 0.3) is 5.91 Å². The Morgan fingerprint density at radius 2 is 1.96 bits per heavy atom. The summed E-state index contributed by atoms with van der Waals surface area (Å²) < 4.78 is 6.90. The lowest BCUT2D eigenvalue weighted by Crippen LogP contribution is -2.43. The van der Waals surface area contributed by atoms with Gasteiger partial charge in [-0.25, -0.2) is 4.68 Å². The molecule has 27 heavy (non-hydrogen) atoms. The van der Waals surface area contributed by atoms with E-state index in [0.717, 1.165) is 42.7 Å². The molecule has 0 aliphatic heterocycles. The number of hydrogen-bond donors (Lipinski definition) is 1. The lowest BCUT2D eigenvalue weighted by atomic mass is 9.87. The number of carbonyl (C=O) groups excluding carboxylic acids is 1. The number of nitrogens with one attached hydrogen (secondary N) is 1. The van der Waals surface area contributed by atoms with Crippen LogP contribution >= 0.6 is 0 Å². The van der Waals surface area contributed by atoms with Crippen molar-refractivity contribution >= 4 is 5.91 Å². The van der Waals surface area contributed by atoms with Crippen LogP contribution in [0.2, 0.25) is 0 Å². The lowest BCUT2D eigenvalue weighted by molar-refractivity contribution is 0.0898. The standard InChI is InChI=1S/C20H21N5O2/c1-27-18-9-5-7-16(13-18)20(10-2-3-11-20)22-19(26)15-6-4-8-17(12-15)25-14-21-23-24-25/h4-9,12-14H,2-3,10-11H2,1H3,(H,22,26). The van der Waals surface area contributed by atoms with E-state index in [9.17, 15) is 4.79 Å². The molecule has 1 heterocycles. The number of carbonyl (C=O) groups is 1. The first-order chi connectivity index (χ1) is 13.2. The van der Waals surface area contributed by atoms with Crippen LogP contribution in [0.25, 0.3) is 5.69 Å². The molecule has 2 aromatic carbocycles. The molecule has 1 fully saturated rings. The van der Waals surface area contributed by atoms with Gasteiger partial charge in [-0.1, -0.05) is 31.0 Å². The third-order valence-corrected chi connectivity index (χ3v) is 5.15. The number of aromatic nitrogens is 4. The van der Waals surface area contributed by atoms with E-state index in [2.05, 4.69) is 26.9 Å². The molecule has 1 saturated carbocycles. The highest BCUT2D eigenvalue weighted by Gasteiger charge is 2.37. The van der Waals surface area contributed by atoms with Gasteiger partial charge < -0.3 is 10.1 Å². The van der Waals surface area contributed by atoms with Gasteiger partial charge in [-0.2, -0.15) is 0 Å². The maximum atomic E-state index is 13.1. The van der Waals surface area contributed by atoms with Crippen molar-refractivity contribution in [3.63, 3.8) is 0 Å². The zero-order valence-corrected chi connectivity index (χ0v) is 15.1. The first-order valence-corrected chi connectivity index (χ1v) is 9.01. The van der Waals surface area contributed by atoms with Crippen LogP contribution in [0.15, 0.2) is 54.9 Å². The first-order valence-electron chi connectivity index (χ1n) is 9.01. The van der Waals surface area contributed by atoms with Gasteiger partial charge in [0, 0.05) is 5.56 Å². The van der Waals surface area contributed by atoms with Gasteiger partial charge in [0.1, 0.15) is 12.1 Å². The van der Waals surface area contributed by atoms with E-state index in [0.29, 0.717) is 5.56 Å². The third kappa shape index (κ3) is 3.40. The second-order valence-corrected chi connectivity index (χ2v) is 6.78. The SMILES string of the molecule is COc1cccc(C2(NC(=O)c3cccc(-n4cnnn4)c3)CCCC2)c1. The molecular formula is C20H21N5O2. The summed E-state index contributed by atoms with van der Waals surface area (Å²) in [5.74, 6) is 0.698.